The third kappa shape index (κ3) is 3.51. The van der Waals surface area contributed by atoms with E-state index in [-0.39, 0.29) is 0 Å². The summed E-state index contributed by atoms with van der Waals surface area (Å²) in [6.07, 6.45) is 3.79. The molecule has 1 aliphatic heterocycles. The van der Waals surface area contributed by atoms with Crippen molar-refractivity contribution in [3.05, 3.63) is 28.2 Å². The third-order valence-corrected chi connectivity index (χ3v) is 4.67. The van der Waals surface area contributed by atoms with Crippen molar-refractivity contribution in [1.82, 2.24) is 5.32 Å². The normalized spacial score (nSPS) is 20.8. The van der Waals surface area contributed by atoms with E-state index in [4.69, 9.17) is 0 Å². The minimum Gasteiger partial charge on any atom is -0.368 e. The molecular weight excluding hydrogens is 300 g/mol. The van der Waals surface area contributed by atoms with Gasteiger partial charge in [-0.2, -0.15) is 0 Å². The average Bonchev–Trinajstić information content (AvgIpc) is 2.82. The van der Waals surface area contributed by atoms with Gasteiger partial charge < -0.3 is 10.2 Å². The van der Waals surface area contributed by atoms with Crippen LogP contribution in [0.5, 0.6) is 0 Å². The van der Waals surface area contributed by atoms with Crippen molar-refractivity contribution >= 4 is 21.6 Å². The van der Waals surface area contributed by atoms with Crippen LogP contribution in [0.25, 0.3) is 0 Å². The molecule has 2 unspecified atom stereocenters. The lowest BCUT2D eigenvalue weighted by atomic mass is 10.1. The summed E-state index contributed by atoms with van der Waals surface area (Å²) in [7, 11) is 0. The Kier molecular flexibility index (Phi) is 5.28. The van der Waals surface area contributed by atoms with Crippen molar-refractivity contribution in [2.45, 2.75) is 52.1 Å². The highest BCUT2D eigenvalue weighted by Gasteiger charge is 2.22. The number of nitrogens with one attached hydrogen (secondary N) is 1. The van der Waals surface area contributed by atoms with Crippen LogP contribution in [0.15, 0.2) is 22.7 Å². The second-order valence-corrected chi connectivity index (χ2v) is 6.43. The summed E-state index contributed by atoms with van der Waals surface area (Å²) >= 11 is 3.75. The largest absolute Gasteiger partial charge is 0.368 e. The van der Waals surface area contributed by atoms with E-state index < -0.39 is 0 Å². The predicted molar refractivity (Wildman–Crippen MR) is 86.9 cm³/mol. The predicted octanol–water partition coefficient (Wildman–Crippen LogP) is 4.50. The maximum atomic E-state index is 3.75. The maximum Gasteiger partial charge on any atom is 0.0513 e. The Morgan fingerprint density at radius 3 is 2.84 bits per heavy atom. The molecule has 0 bridgehead atoms. The molecule has 1 aromatic rings. The number of hydrogen-bond acceptors (Lipinski definition) is 2. The fourth-order valence-electron chi connectivity index (χ4n) is 2.80. The molecule has 0 aliphatic carbocycles. The van der Waals surface area contributed by atoms with Crippen LogP contribution in [-0.4, -0.2) is 19.1 Å². The number of halogens is 1. The van der Waals surface area contributed by atoms with E-state index in [2.05, 4.69) is 65.1 Å². The average molecular weight is 325 g/mol. The van der Waals surface area contributed by atoms with Gasteiger partial charge in [0.1, 0.15) is 0 Å². The minimum absolute atomic E-state index is 0.418. The van der Waals surface area contributed by atoms with Gasteiger partial charge in [0.25, 0.3) is 0 Å². The lowest BCUT2D eigenvalue weighted by Gasteiger charge is -2.26. The highest BCUT2D eigenvalue weighted by atomic mass is 79.9. The van der Waals surface area contributed by atoms with Crippen molar-refractivity contribution in [3.8, 4) is 0 Å². The molecule has 19 heavy (non-hydrogen) atoms. The molecule has 0 saturated carbocycles. The molecular formula is C16H25BrN2. The van der Waals surface area contributed by atoms with Gasteiger partial charge in [0.15, 0.2) is 0 Å². The molecule has 0 aromatic heterocycles. The van der Waals surface area contributed by atoms with Crippen LogP contribution in [0, 0.1) is 0 Å². The lowest BCUT2D eigenvalue weighted by molar-refractivity contribution is 0.570. The second kappa shape index (κ2) is 6.76. The Bertz CT molecular complexity index is 419. The summed E-state index contributed by atoms with van der Waals surface area (Å²) in [6.45, 7) is 9.01. The molecule has 1 saturated heterocycles. The second-order valence-electron chi connectivity index (χ2n) is 5.57. The van der Waals surface area contributed by atoms with Crippen molar-refractivity contribution in [3.63, 3.8) is 0 Å². The highest BCUT2D eigenvalue weighted by Crippen LogP contribution is 2.33. The highest BCUT2D eigenvalue weighted by molar-refractivity contribution is 9.10. The summed E-state index contributed by atoms with van der Waals surface area (Å²) in [6, 6.07) is 7.89. The zero-order chi connectivity index (χ0) is 13.8. The van der Waals surface area contributed by atoms with Gasteiger partial charge in [-0.25, -0.2) is 0 Å². The first-order chi connectivity index (χ1) is 9.13. The fraction of sp³-hybridized carbons (Fsp3) is 0.625. The van der Waals surface area contributed by atoms with E-state index in [1.807, 2.05) is 0 Å². The van der Waals surface area contributed by atoms with Crippen molar-refractivity contribution < 1.29 is 0 Å². The first-order valence-corrected chi connectivity index (χ1v) is 8.22. The first-order valence-electron chi connectivity index (χ1n) is 7.43. The van der Waals surface area contributed by atoms with Gasteiger partial charge in [0, 0.05) is 23.1 Å². The van der Waals surface area contributed by atoms with Gasteiger partial charge in [-0.15, -0.1) is 0 Å². The third-order valence-electron chi connectivity index (χ3n) is 4.03. The van der Waals surface area contributed by atoms with E-state index in [0.29, 0.717) is 12.1 Å². The molecule has 1 aromatic carbocycles. The molecule has 0 amide bonds. The van der Waals surface area contributed by atoms with E-state index in [1.165, 1.54) is 41.5 Å². The first kappa shape index (κ1) is 14.9. The van der Waals surface area contributed by atoms with Crippen LogP contribution < -0.4 is 10.2 Å². The van der Waals surface area contributed by atoms with Gasteiger partial charge in [0.05, 0.1) is 5.69 Å². The van der Waals surface area contributed by atoms with Crippen LogP contribution in [-0.2, 0) is 0 Å². The van der Waals surface area contributed by atoms with Crippen molar-refractivity contribution in [2.75, 3.05) is 18.0 Å². The van der Waals surface area contributed by atoms with Gasteiger partial charge >= 0.3 is 0 Å². The Morgan fingerprint density at radius 2 is 2.26 bits per heavy atom. The zero-order valence-corrected chi connectivity index (χ0v) is 13.8. The molecule has 0 radical (unpaired) electrons. The number of benzene rings is 1. The molecule has 1 fully saturated rings. The Hall–Kier alpha value is -0.540. The molecule has 106 valence electrons. The number of anilines is 1. The van der Waals surface area contributed by atoms with Crippen molar-refractivity contribution in [1.29, 1.82) is 0 Å². The van der Waals surface area contributed by atoms with Crippen LogP contribution in [0.2, 0.25) is 0 Å². The SMILES string of the molecule is CCCNC(C)c1ccc(N2CCCC2C)c(Br)c1. The monoisotopic (exact) mass is 324 g/mol. The summed E-state index contributed by atoms with van der Waals surface area (Å²) in [5, 5.41) is 3.54. The topological polar surface area (TPSA) is 15.3 Å². The molecule has 0 spiro atoms. The number of hydrogen-bond donors (Lipinski definition) is 1. The molecule has 2 atom stereocenters. The van der Waals surface area contributed by atoms with Gasteiger partial charge in [0.2, 0.25) is 0 Å². The van der Waals surface area contributed by atoms with Gasteiger partial charge in [-0.3, -0.25) is 0 Å². The quantitative estimate of drug-likeness (QED) is 0.857. The van der Waals surface area contributed by atoms with Crippen LogP contribution in [0.1, 0.15) is 51.6 Å². The molecule has 1 aliphatic rings. The molecule has 3 heteroatoms. The fourth-order valence-corrected chi connectivity index (χ4v) is 3.42. The van der Waals surface area contributed by atoms with Crippen LogP contribution >= 0.6 is 15.9 Å². The Balaban J connectivity index is 2.12. The molecule has 2 nitrogen and oxygen atoms in total. The number of rotatable bonds is 5. The Morgan fingerprint density at radius 1 is 1.47 bits per heavy atom. The van der Waals surface area contributed by atoms with E-state index in [9.17, 15) is 0 Å². The van der Waals surface area contributed by atoms with Crippen molar-refractivity contribution in [2.24, 2.45) is 0 Å². The molecule has 1 heterocycles. The van der Waals surface area contributed by atoms with E-state index in [0.717, 1.165) is 6.54 Å². The lowest BCUT2D eigenvalue weighted by Crippen LogP contribution is -2.26. The minimum atomic E-state index is 0.418. The maximum absolute atomic E-state index is 3.75. The molecule has 2 rings (SSSR count). The van der Waals surface area contributed by atoms with Gasteiger partial charge in [-0.05, 0) is 73.3 Å². The molecule has 1 N–H and O–H groups in total. The zero-order valence-electron chi connectivity index (χ0n) is 12.2. The van der Waals surface area contributed by atoms with Crippen LogP contribution in [0.3, 0.4) is 0 Å². The standard InChI is InChI=1S/C16H25BrN2/c1-4-9-18-13(3)14-7-8-16(15(17)11-14)19-10-5-6-12(19)2/h7-8,11-13,18H,4-6,9-10H2,1-3H3. The summed E-state index contributed by atoms with van der Waals surface area (Å²) < 4.78 is 1.23. The summed E-state index contributed by atoms with van der Waals surface area (Å²) in [5.74, 6) is 0. The Labute approximate surface area is 125 Å². The summed E-state index contributed by atoms with van der Waals surface area (Å²) in [4.78, 5) is 2.51. The van der Waals surface area contributed by atoms with Gasteiger partial charge in [-0.1, -0.05) is 13.0 Å². The smallest absolute Gasteiger partial charge is 0.0513 e. The number of nitrogens with zero attached hydrogens (tertiary/aromatic N) is 1. The van der Waals surface area contributed by atoms with Crippen LogP contribution in [0.4, 0.5) is 5.69 Å². The van der Waals surface area contributed by atoms with E-state index >= 15 is 0 Å². The summed E-state index contributed by atoms with van der Waals surface area (Å²) in [5.41, 5.74) is 2.70. The van der Waals surface area contributed by atoms with E-state index in [1.54, 1.807) is 0 Å².